The minimum Gasteiger partial charge on any atom is -0.0610 e. The number of aryl methyl sites for hydroxylation is 2. The lowest BCUT2D eigenvalue weighted by Gasteiger charge is -2.11. The molecule has 0 saturated heterocycles. The van der Waals surface area contributed by atoms with Crippen molar-refractivity contribution in [2.45, 2.75) is 25.7 Å². The van der Waals surface area contributed by atoms with Crippen molar-refractivity contribution in [3.63, 3.8) is 0 Å². The van der Waals surface area contributed by atoms with E-state index < -0.39 is 0 Å². The first-order valence-electron chi connectivity index (χ1n) is 11.2. The van der Waals surface area contributed by atoms with Crippen LogP contribution in [-0.4, -0.2) is 0 Å². The largest absolute Gasteiger partial charge is 0.0610 e. The van der Waals surface area contributed by atoms with E-state index in [0.717, 1.165) is 0 Å². The van der Waals surface area contributed by atoms with Crippen LogP contribution in [0.4, 0.5) is 0 Å². The van der Waals surface area contributed by atoms with Gasteiger partial charge in [-0.25, -0.2) is 0 Å². The standard InChI is InChI=1S/C30H20/c1-2-10-23-29-21-12-4-8-18-7-3-11-20(27(18)21)25(29)16-26-24-15-17(6-1)14-19-9-5-13-22(28(19)24)30(23)26/h3-5,7-9,11-16H,1-2,6,10H2. The van der Waals surface area contributed by atoms with Gasteiger partial charge in [-0.2, -0.15) is 0 Å². The molecule has 0 spiro atoms. The fourth-order valence-corrected chi connectivity index (χ4v) is 6.49. The summed E-state index contributed by atoms with van der Waals surface area (Å²) in [7, 11) is 0. The lowest BCUT2D eigenvalue weighted by molar-refractivity contribution is 0.740. The van der Waals surface area contributed by atoms with Gasteiger partial charge < -0.3 is 0 Å². The molecule has 140 valence electrons. The van der Waals surface area contributed by atoms with E-state index in [0.29, 0.717) is 0 Å². The summed E-state index contributed by atoms with van der Waals surface area (Å²) in [6.07, 6.45) is 4.86. The van der Waals surface area contributed by atoms with Gasteiger partial charge in [0.25, 0.3) is 0 Å². The molecule has 8 rings (SSSR count). The smallest absolute Gasteiger partial charge is 0.00261 e. The Morgan fingerprint density at radius 3 is 1.83 bits per heavy atom. The topological polar surface area (TPSA) is 0 Å². The van der Waals surface area contributed by atoms with E-state index in [2.05, 4.69) is 72.8 Å². The molecule has 0 heteroatoms. The average molecular weight is 380 g/mol. The van der Waals surface area contributed by atoms with Crippen LogP contribution in [0.3, 0.4) is 0 Å². The van der Waals surface area contributed by atoms with E-state index in [-0.39, 0.29) is 0 Å². The van der Waals surface area contributed by atoms with E-state index in [1.165, 1.54) is 95.9 Å². The van der Waals surface area contributed by atoms with Gasteiger partial charge in [0.05, 0.1) is 0 Å². The molecular weight excluding hydrogens is 360 g/mol. The van der Waals surface area contributed by atoms with Crippen molar-refractivity contribution in [2.75, 3.05) is 0 Å². The van der Waals surface area contributed by atoms with Crippen molar-refractivity contribution in [1.82, 2.24) is 0 Å². The molecule has 5 bridgehead atoms. The molecule has 0 aromatic heterocycles. The van der Waals surface area contributed by atoms with Crippen molar-refractivity contribution in [1.29, 1.82) is 0 Å². The van der Waals surface area contributed by atoms with E-state index in [4.69, 9.17) is 0 Å². The number of hydrogen-bond acceptors (Lipinski definition) is 0. The summed E-state index contributed by atoms with van der Waals surface area (Å²) in [6, 6.07) is 28.0. The molecule has 0 aliphatic heterocycles. The third-order valence-electron chi connectivity index (χ3n) is 7.63. The van der Waals surface area contributed by atoms with Crippen molar-refractivity contribution in [3.05, 3.63) is 83.9 Å². The fourth-order valence-electron chi connectivity index (χ4n) is 6.49. The predicted octanol–water partition coefficient (Wildman–Crippen LogP) is 8.36. The van der Waals surface area contributed by atoms with E-state index in [1.54, 1.807) is 5.56 Å². The fraction of sp³-hybridized carbons (Fsp3) is 0.133. The van der Waals surface area contributed by atoms with Crippen LogP contribution < -0.4 is 0 Å². The van der Waals surface area contributed by atoms with Gasteiger partial charge in [-0.05, 0) is 108 Å². The SMILES string of the molecule is c1cc2cccc3c4c5c6c(cc4c(c1)c23)c1cc(cc2cccc6c21)CCCC5. The third-order valence-corrected chi connectivity index (χ3v) is 7.63. The van der Waals surface area contributed by atoms with Crippen LogP contribution in [0.5, 0.6) is 0 Å². The number of benzene rings is 5. The zero-order valence-electron chi connectivity index (χ0n) is 16.8. The summed E-state index contributed by atoms with van der Waals surface area (Å²) in [5, 5.41) is 17.4. The molecule has 0 heterocycles. The first kappa shape index (κ1) is 15.5. The van der Waals surface area contributed by atoms with Gasteiger partial charge >= 0.3 is 0 Å². The van der Waals surface area contributed by atoms with Crippen molar-refractivity contribution in [3.8, 4) is 0 Å². The van der Waals surface area contributed by atoms with E-state index >= 15 is 0 Å². The zero-order chi connectivity index (χ0) is 19.4. The molecule has 0 fully saturated rings. The van der Waals surface area contributed by atoms with Gasteiger partial charge in [-0.3, -0.25) is 0 Å². The highest BCUT2D eigenvalue weighted by Crippen LogP contribution is 2.48. The second-order valence-corrected chi connectivity index (χ2v) is 9.16. The average Bonchev–Trinajstić information content (AvgIpc) is 3.26. The monoisotopic (exact) mass is 380 g/mol. The van der Waals surface area contributed by atoms with Crippen LogP contribution in [0.15, 0.2) is 72.8 Å². The molecule has 0 radical (unpaired) electrons. The van der Waals surface area contributed by atoms with E-state index in [1.807, 2.05) is 0 Å². The third kappa shape index (κ3) is 1.71. The molecule has 0 saturated carbocycles. The Balaban J connectivity index is 1.76. The Hall–Kier alpha value is -3.38. The van der Waals surface area contributed by atoms with E-state index in [9.17, 15) is 0 Å². The van der Waals surface area contributed by atoms with Gasteiger partial charge in [0.1, 0.15) is 0 Å². The molecule has 1 aliphatic rings. The van der Waals surface area contributed by atoms with Gasteiger partial charge in [0.2, 0.25) is 0 Å². The first-order valence-corrected chi connectivity index (χ1v) is 11.2. The molecule has 30 heavy (non-hydrogen) atoms. The Labute approximate surface area is 174 Å². The minimum atomic E-state index is 1.17. The lowest BCUT2D eigenvalue weighted by atomic mass is 9.93. The highest BCUT2D eigenvalue weighted by molar-refractivity contribution is 6.38. The maximum atomic E-state index is 2.52. The van der Waals surface area contributed by atoms with Crippen LogP contribution >= 0.6 is 0 Å². The van der Waals surface area contributed by atoms with Crippen molar-refractivity contribution >= 4 is 64.6 Å². The summed E-state index contributed by atoms with van der Waals surface area (Å²) in [5.74, 6) is 0. The lowest BCUT2D eigenvalue weighted by Crippen LogP contribution is -1.92. The molecular formula is C30H20. The minimum absolute atomic E-state index is 1.17. The Morgan fingerprint density at radius 1 is 0.433 bits per heavy atom. The van der Waals surface area contributed by atoms with Crippen molar-refractivity contribution < 1.29 is 0 Å². The Morgan fingerprint density at radius 2 is 1.03 bits per heavy atom. The maximum Gasteiger partial charge on any atom is -0.00261 e. The normalized spacial score (nSPS) is 14.8. The first-order chi connectivity index (χ1) is 14.9. The second kappa shape index (κ2) is 5.21. The number of fused-ring (bicyclic) bond motifs is 5. The molecule has 0 amide bonds. The number of hydrogen-bond donors (Lipinski definition) is 0. The van der Waals surface area contributed by atoms with Crippen LogP contribution in [0.2, 0.25) is 0 Å². The Kier molecular flexibility index (Phi) is 2.68. The van der Waals surface area contributed by atoms with Gasteiger partial charge in [0.15, 0.2) is 0 Å². The molecule has 0 N–H and O–H groups in total. The quantitative estimate of drug-likeness (QED) is 0.248. The predicted molar refractivity (Wildman–Crippen MR) is 130 cm³/mol. The summed E-state index contributed by atoms with van der Waals surface area (Å²) in [5.41, 5.74) is 3.08. The molecule has 1 aliphatic carbocycles. The van der Waals surface area contributed by atoms with Gasteiger partial charge in [0, 0.05) is 0 Å². The van der Waals surface area contributed by atoms with Crippen LogP contribution in [0.25, 0.3) is 64.6 Å². The van der Waals surface area contributed by atoms with Crippen LogP contribution in [-0.2, 0) is 12.8 Å². The summed E-state index contributed by atoms with van der Waals surface area (Å²) < 4.78 is 0. The zero-order valence-corrected chi connectivity index (χ0v) is 16.8. The van der Waals surface area contributed by atoms with Crippen LogP contribution in [0.1, 0.15) is 24.0 Å². The van der Waals surface area contributed by atoms with Crippen molar-refractivity contribution in [2.24, 2.45) is 0 Å². The molecule has 0 nitrogen and oxygen atoms in total. The summed E-state index contributed by atoms with van der Waals surface area (Å²) >= 11 is 0. The second-order valence-electron chi connectivity index (χ2n) is 9.16. The molecule has 7 aromatic rings. The molecule has 0 unspecified atom stereocenters. The Bertz CT molecular complexity index is 1780. The molecule has 7 aromatic carbocycles. The summed E-state index contributed by atoms with van der Waals surface area (Å²) in [4.78, 5) is 0. The molecule has 0 atom stereocenters. The number of rotatable bonds is 0. The highest BCUT2D eigenvalue weighted by atomic mass is 14.2. The summed E-state index contributed by atoms with van der Waals surface area (Å²) in [6.45, 7) is 0. The highest BCUT2D eigenvalue weighted by Gasteiger charge is 2.22. The van der Waals surface area contributed by atoms with Gasteiger partial charge in [-0.1, -0.05) is 66.7 Å². The van der Waals surface area contributed by atoms with Crippen LogP contribution in [0, 0.1) is 0 Å². The maximum absolute atomic E-state index is 2.52. The van der Waals surface area contributed by atoms with Gasteiger partial charge in [-0.15, -0.1) is 0 Å².